The van der Waals surface area contributed by atoms with Crippen molar-refractivity contribution in [2.24, 2.45) is 0 Å². The van der Waals surface area contributed by atoms with Gasteiger partial charge >= 0.3 is 0 Å². The van der Waals surface area contributed by atoms with Gasteiger partial charge in [-0.3, -0.25) is 0 Å². The lowest BCUT2D eigenvalue weighted by Gasteiger charge is -2.14. The number of aliphatic hydroxyl groups is 1. The highest BCUT2D eigenvalue weighted by atomic mass is 16.3. The monoisotopic (exact) mass is 270 g/mol. The van der Waals surface area contributed by atoms with Gasteiger partial charge in [-0.15, -0.1) is 0 Å². The summed E-state index contributed by atoms with van der Waals surface area (Å²) in [5.74, 6) is 0. The topological polar surface area (TPSA) is 58.3 Å². The van der Waals surface area contributed by atoms with E-state index in [1.807, 2.05) is 37.3 Å². The molecular weight excluding hydrogens is 248 g/mol. The number of nitrogen functional groups attached to an aromatic ring is 1. The van der Waals surface area contributed by atoms with E-state index < -0.39 is 6.10 Å². The van der Waals surface area contributed by atoms with Gasteiger partial charge in [-0.25, -0.2) is 0 Å². The van der Waals surface area contributed by atoms with Crippen LogP contribution < -0.4 is 11.1 Å². The van der Waals surface area contributed by atoms with Crippen LogP contribution >= 0.6 is 0 Å². The van der Waals surface area contributed by atoms with Crippen molar-refractivity contribution in [2.75, 3.05) is 17.6 Å². The van der Waals surface area contributed by atoms with Crippen LogP contribution in [-0.2, 0) is 6.42 Å². The van der Waals surface area contributed by atoms with Gasteiger partial charge < -0.3 is 16.2 Å². The molecule has 3 nitrogen and oxygen atoms in total. The molecule has 0 bridgehead atoms. The number of anilines is 2. The van der Waals surface area contributed by atoms with E-state index in [1.54, 1.807) is 0 Å². The maximum Gasteiger partial charge on any atom is 0.0963 e. The molecule has 0 heterocycles. The molecule has 2 rings (SSSR count). The van der Waals surface area contributed by atoms with E-state index in [0.29, 0.717) is 12.2 Å². The molecule has 0 amide bonds. The lowest BCUT2D eigenvalue weighted by molar-refractivity contribution is 0.191. The average molecular weight is 270 g/mol. The summed E-state index contributed by atoms with van der Waals surface area (Å²) < 4.78 is 0. The maximum atomic E-state index is 10.2. The van der Waals surface area contributed by atoms with E-state index in [2.05, 4.69) is 24.4 Å². The predicted molar refractivity (Wildman–Crippen MR) is 84.9 cm³/mol. The Hall–Kier alpha value is -2.00. The quantitative estimate of drug-likeness (QED) is 0.731. The molecule has 0 fully saturated rings. The van der Waals surface area contributed by atoms with Crippen molar-refractivity contribution in [3.63, 3.8) is 0 Å². The molecule has 0 saturated heterocycles. The normalized spacial score (nSPS) is 12.2. The summed E-state index contributed by atoms with van der Waals surface area (Å²) in [6, 6.07) is 13.9. The van der Waals surface area contributed by atoms with Gasteiger partial charge in [0.2, 0.25) is 0 Å². The number of nitrogens with two attached hydrogens (primary N) is 1. The molecule has 0 aliphatic heterocycles. The van der Waals surface area contributed by atoms with Crippen LogP contribution in [0.3, 0.4) is 0 Å². The molecule has 20 heavy (non-hydrogen) atoms. The molecule has 4 N–H and O–H groups in total. The molecule has 0 saturated carbocycles. The van der Waals surface area contributed by atoms with Gasteiger partial charge in [0.25, 0.3) is 0 Å². The Morgan fingerprint density at radius 2 is 1.85 bits per heavy atom. The summed E-state index contributed by atoms with van der Waals surface area (Å²) in [5, 5.41) is 13.4. The van der Waals surface area contributed by atoms with Crippen LogP contribution in [0.2, 0.25) is 0 Å². The first-order chi connectivity index (χ1) is 9.60. The van der Waals surface area contributed by atoms with Crippen molar-refractivity contribution in [1.82, 2.24) is 0 Å². The Kier molecular flexibility index (Phi) is 4.64. The van der Waals surface area contributed by atoms with E-state index in [1.165, 1.54) is 5.56 Å². The van der Waals surface area contributed by atoms with E-state index in [-0.39, 0.29) is 0 Å². The molecule has 3 heteroatoms. The molecule has 0 radical (unpaired) electrons. The lowest BCUT2D eigenvalue weighted by atomic mass is 10.1. The summed E-state index contributed by atoms with van der Waals surface area (Å²) >= 11 is 0. The minimum absolute atomic E-state index is 0.466. The minimum atomic E-state index is -0.566. The fraction of sp³-hybridized carbons (Fsp3) is 0.294. The highest BCUT2D eigenvalue weighted by Crippen LogP contribution is 2.20. The Morgan fingerprint density at radius 1 is 1.15 bits per heavy atom. The first-order valence-electron chi connectivity index (χ1n) is 6.97. The second-order valence-corrected chi connectivity index (χ2v) is 5.06. The first kappa shape index (κ1) is 14.4. The third kappa shape index (κ3) is 3.52. The smallest absolute Gasteiger partial charge is 0.0963 e. The second kappa shape index (κ2) is 6.44. The van der Waals surface area contributed by atoms with Gasteiger partial charge in [-0.1, -0.05) is 31.2 Å². The van der Waals surface area contributed by atoms with Crippen molar-refractivity contribution >= 4 is 11.4 Å². The molecule has 0 aliphatic rings. The van der Waals surface area contributed by atoms with Crippen LogP contribution in [0.1, 0.15) is 29.7 Å². The van der Waals surface area contributed by atoms with Gasteiger partial charge in [0.05, 0.1) is 6.10 Å². The fourth-order valence-electron chi connectivity index (χ4n) is 2.06. The van der Waals surface area contributed by atoms with Crippen LogP contribution in [0.25, 0.3) is 0 Å². The molecule has 1 atom stereocenters. The third-order valence-corrected chi connectivity index (χ3v) is 3.55. The molecule has 2 aromatic carbocycles. The molecule has 0 spiro atoms. The van der Waals surface area contributed by atoms with Gasteiger partial charge in [-0.2, -0.15) is 0 Å². The predicted octanol–water partition coefficient (Wildman–Crippen LogP) is 3.29. The number of benzene rings is 2. The Bertz CT molecular complexity index is 564. The number of aryl methyl sites for hydroxylation is 2. The lowest BCUT2D eigenvalue weighted by Crippen LogP contribution is -2.12. The van der Waals surface area contributed by atoms with Gasteiger partial charge in [0, 0.05) is 17.9 Å². The van der Waals surface area contributed by atoms with Crippen molar-refractivity contribution in [3.05, 3.63) is 59.2 Å². The van der Waals surface area contributed by atoms with Crippen LogP contribution in [-0.4, -0.2) is 11.7 Å². The van der Waals surface area contributed by atoms with Crippen molar-refractivity contribution < 1.29 is 5.11 Å². The Morgan fingerprint density at radius 3 is 2.45 bits per heavy atom. The molecule has 2 aromatic rings. The summed E-state index contributed by atoms with van der Waals surface area (Å²) in [7, 11) is 0. The third-order valence-electron chi connectivity index (χ3n) is 3.55. The molecule has 0 aliphatic carbocycles. The summed E-state index contributed by atoms with van der Waals surface area (Å²) in [5.41, 5.74) is 10.8. The van der Waals surface area contributed by atoms with E-state index in [9.17, 15) is 5.11 Å². The van der Waals surface area contributed by atoms with Gasteiger partial charge in [-0.05, 0) is 48.2 Å². The Balaban J connectivity index is 1.96. The molecule has 106 valence electrons. The highest BCUT2D eigenvalue weighted by Gasteiger charge is 2.08. The summed E-state index contributed by atoms with van der Waals surface area (Å²) in [4.78, 5) is 0. The SMILES string of the molecule is CCc1ccc(NCC(O)c2ccc(C)c(N)c2)cc1. The van der Waals surface area contributed by atoms with E-state index in [0.717, 1.165) is 23.2 Å². The number of aliphatic hydroxyl groups excluding tert-OH is 1. The molecule has 0 aromatic heterocycles. The second-order valence-electron chi connectivity index (χ2n) is 5.06. The van der Waals surface area contributed by atoms with Gasteiger partial charge in [0.15, 0.2) is 0 Å². The largest absolute Gasteiger partial charge is 0.399 e. The van der Waals surface area contributed by atoms with Crippen LogP contribution in [0.5, 0.6) is 0 Å². The van der Waals surface area contributed by atoms with Crippen molar-refractivity contribution in [3.8, 4) is 0 Å². The van der Waals surface area contributed by atoms with Crippen molar-refractivity contribution in [1.29, 1.82) is 0 Å². The number of nitrogens with one attached hydrogen (secondary N) is 1. The summed E-state index contributed by atoms with van der Waals surface area (Å²) in [6.07, 6.45) is 0.467. The Labute approximate surface area is 120 Å². The van der Waals surface area contributed by atoms with E-state index in [4.69, 9.17) is 5.73 Å². The van der Waals surface area contributed by atoms with Gasteiger partial charge in [0.1, 0.15) is 0 Å². The molecular formula is C17H22N2O. The number of hydrogen-bond donors (Lipinski definition) is 3. The van der Waals surface area contributed by atoms with Crippen molar-refractivity contribution in [2.45, 2.75) is 26.4 Å². The maximum absolute atomic E-state index is 10.2. The highest BCUT2D eigenvalue weighted by molar-refractivity contribution is 5.49. The number of hydrogen-bond acceptors (Lipinski definition) is 3. The van der Waals surface area contributed by atoms with E-state index >= 15 is 0 Å². The average Bonchev–Trinajstić information content (AvgIpc) is 2.48. The van der Waals surface area contributed by atoms with Crippen LogP contribution in [0.4, 0.5) is 11.4 Å². The minimum Gasteiger partial charge on any atom is -0.399 e. The van der Waals surface area contributed by atoms with Crippen LogP contribution in [0, 0.1) is 6.92 Å². The molecule has 1 unspecified atom stereocenters. The zero-order valence-electron chi connectivity index (χ0n) is 12.1. The zero-order chi connectivity index (χ0) is 14.5. The fourth-order valence-corrected chi connectivity index (χ4v) is 2.06. The summed E-state index contributed by atoms with van der Waals surface area (Å²) in [6.45, 7) is 4.56. The zero-order valence-corrected chi connectivity index (χ0v) is 12.1. The standard InChI is InChI=1S/C17H22N2O/c1-3-13-5-8-15(9-6-13)19-11-17(20)14-7-4-12(2)16(18)10-14/h4-10,17,19-20H,3,11,18H2,1-2H3. The first-order valence-corrected chi connectivity index (χ1v) is 6.97. The van der Waals surface area contributed by atoms with Crippen LogP contribution in [0.15, 0.2) is 42.5 Å². The number of rotatable bonds is 5.